The molecule has 1 aliphatic carbocycles. The van der Waals surface area contributed by atoms with E-state index < -0.39 is 0 Å². The van der Waals surface area contributed by atoms with Crippen molar-refractivity contribution in [2.45, 2.75) is 33.1 Å². The van der Waals surface area contributed by atoms with Crippen molar-refractivity contribution in [1.29, 1.82) is 0 Å². The van der Waals surface area contributed by atoms with Gasteiger partial charge in [-0.3, -0.25) is 6.08 Å². The molecular weight excluding hydrogens is 270 g/mol. The Morgan fingerprint density at radius 3 is 2.17 bits per heavy atom. The van der Waals surface area contributed by atoms with Crippen molar-refractivity contribution in [1.82, 2.24) is 0 Å². The van der Waals surface area contributed by atoms with Crippen molar-refractivity contribution >= 4 is 0 Å². The molecule has 0 nitrogen and oxygen atoms in total. The molecule has 0 heterocycles. The minimum absolute atomic E-state index is 0. The summed E-state index contributed by atoms with van der Waals surface area (Å²) in [5.41, 5.74) is 3.09. The predicted molar refractivity (Wildman–Crippen MR) is 40.0 cm³/mol. The molecule has 0 N–H and O–H groups in total. The number of allylic oxidation sites excluding steroid dienone is 4. The Morgan fingerprint density at radius 1 is 1.25 bits per heavy atom. The van der Waals surface area contributed by atoms with E-state index in [1.807, 2.05) is 0 Å². The third-order valence-corrected chi connectivity index (χ3v) is 1.85. The fourth-order valence-corrected chi connectivity index (χ4v) is 1.22. The van der Waals surface area contributed by atoms with E-state index in [-0.39, 0.29) is 51.0 Å². The average Bonchev–Trinajstić information content (AvgIpc) is 2.33. The van der Waals surface area contributed by atoms with E-state index in [0.717, 1.165) is 6.42 Å². The molecule has 12 heavy (non-hydrogen) atoms. The second-order valence-electron chi connectivity index (χ2n) is 2.36. The van der Waals surface area contributed by atoms with Gasteiger partial charge in [0.25, 0.3) is 0 Å². The van der Waals surface area contributed by atoms with E-state index in [1.165, 1.54) is 18.4 Å². The van der Waals surface area contributed by atoms with Crippen LogP contribution in [0.5, 0.6) is 0 Å². The summed E-state index contributed by atoms with van der Waals surface area (Å²) in [6.45, 7) is 4.42. The SMILES string of the molecule is CCC1=C(CC)C[C-]=C1.[Cl-].[Cl-].[Zr+3]. The Hall–Kier alpha value is 0.943. The molecule has 0 unspecified atom stereocenters. The maximum absolute atomic E-state index is 3.23. The Morgan fingerprint density at radius 2 is 1.83 bits per heavy atom. The van der Waals surface area contributed by atoms with Gasteiger partial charge < -0.3 is 24.8 Å². The molecule has 0 aliphatic heterocycles. The van der Waals surface area contributed by atoms with Gasteiger partial charge >= 0.3 is 26.2 Å². The maximum atomic E-state index is 3.23. The van der Waals surface area contributed by atoms with Crippen LogP contribution in [-0.2, 0) is 26.2 Å². The average molecular weight is 283 g/mol. The zero-order chi connectivity index (χ0) is 6.69. The summed E-state index contributed by atoms with van der Waals surface area (Å²) in [5, 5.41) is 0. The monoisotopic (exact) mass is 281 g/mol. The van der Waals surface area contributed by atoms with E-state index in [0.29, 0.717) is 0 Å². The molecule has 67 valence electrons. The van der Waals surface area contributed by atoms with Crippen LogP contribution in [0.25, 0.3) is 0 Å². The first-order valence-corrected chi connectivity index (χ1v) is 3.66. The molecule has 0 aromatic heterocycles. The molecule has 0 saturated heterocycles. The van der Waals surface area contributed by atoms with Crippen LogP contribution in [0, 0.1) is 6.08 Å². The molecule has 0 bridgehead atoms. The minimum atomic E-state index is 0. The second-order valence-corrected chi connectivity index (χ2v) is 2.36. The normalized spacial score (nSPS) is 13.2. The van der Waals surface area contributed by atoms with Gasteiger partial charge in [-0.05, 0) is 0 Å². The summed E-state index contributed by atoms with van der Waals surface area (Å²) in [6.07, 6.45) is 8.82. The largest absolute Gasteiger partial charge is 3.00 e. The molecule has 0 spiro atoms. The van der Waals surface area contributed by atoms with E-state index in [4.69, 9.17) is 0 Å². The third kappa shape index (κ3) is 4.85. The van der Waals surface area contributed by atoms with Crippen molar-refractivity contribution in [3.8, 4) is 0 Å². The second kappa shape index (κ2) is 10.0. The standard InChI is InChI=1S/C9H13.2ClH.Zr/c1-3-8-6-5-7-9(8)4-2;;;/h6H,3-4,7H2,1-2H3;2*1H;/q-1;;;+3/p-2. The van der Waals surface area contributed by atoms with Crippen LogP contribution in [0.2, 0.25) is 0 Å². The summed E-state index contributed by atoms with van der Waals surface area (Å²) in [7, 11) is 0. The summed E-state index contributed by atoms with van der Waals surface area (Å²) < 4.78 is 0. The van der Waals surface area contributed by atoms with Crippen LogP contribution < -0.4 is 24.8 Å². The van der Waals surface area contributed by atoms with Gasteiger partial charge in [0.05, 0.1) is 0 Å². The molecule has 3 heteroatoms. The molecule has 1 radical (unpaired) electrons. The Kier molecular flexibility index (Phi) is 15.6. The van der Waals surface area contributed by atoms with Crippen LogP contribution in [0.1, 0.15) is 33.1 Å². The summed E-state index contributed by atoms with van der Waals surface area (Å²) in [6, 6.07) is 0. The number of halogens is 2. The maximum Gasteiger partial charge on any atom is 3.00 e. The van der Waals surface area contributed by atoms with Gasteiger partial charge in [-0.1, -0.05) is 26.7 Å². The molecule has 1 aliphatic rings. The van der Waals surface area contributed by atoms with Crippen LogP contribution >= 0.6 is 0 Å². The first-order chi connectivity index (χ1) is 4.38. The Bertz CT molecular complexity index is 162. The number of hydrogen-bond donors (Lipinski definition) is 0. The zero-order valence-electron chi connectivity index (χ0n) is 7.45. The van der Waals surface area contributed by atoms with Gasteiger partial charge in [-0.25, -0.2) is 6.08 Å². The van der Waals surface area contributed by atoms with Crippen LogP contribution in [0.3, 0.4) is 0 Å². The van der Waals surface area contributed by atoms with Crippen LogP contribution in [-0.4, -0.2) is 0 Å². The van der Waals surface area contributed by atoms with Crippen molar-refractivity contribution in [3.05, 3.63) is 23.3 Å². The summed E-state index contributed by atoms with van der Waals surface area (Å²) >= 11 is 0. The Labute approximate surface area is 107 Å². The first-order valence-electron chi connectivity index (χ1n) is 3.66. The molecule has 0 atom stereocenters. The van der Waals surface area contributed by atoms with Crippen LogP contribution in [0.15, 0.2) is 17.2 Å². The van der Waals surface area contributed by atoms with Gasteiger partial charge in [-0.15, -0.1) is 6.42 Å². The van der Waals surface area contributed by atoms with Gasteiger partial charge in [0.2, 0.25) is 0 Å². The smallest absolute Gasteiger partial charge is 1.00 e. The van der Waals surface area contributed by atoms with E-state index >= 15 is 0 Å². The van der Waals surface area contributed by atoms with E-state index in [2.05, 4.69) is 26.0 Å². The Balaban J connectivity index is -0.000000270. The molecule has 0 amide bonds. The molecule has 1 rings (SSSR count). The van der Waals surface area contributed by atoms with Crippen molar-refractivity contribution < 1.29 is 51.0 Å². The topological polar surface area (TPSA) is 0 Å². The van der Waals surface area contributed by atoms with Gasteiger partial charge in [0.1, 0.15) is 0 Å². The fraction of sp³-hybridized carbons (Fsp3) is 0.556. The number of hydrogen-bond acceptors (Lipinski definition) is 0. The van der Waals surface area contributed by atoms with Crippen molar-refractivity contribution in [2.24, 2.45) is 0 Å². The van der Waals surface area contributed by atoms with Gasteiger partial charge in [-0.2, -0.15) is 11.1 Å². The number of rotatable bonds is 2. The van der Waals surface area contributed by atoms with Crippen molar-refractivity contribution in [3.63, 3.8) is 0 Å². The third-order valence-electron chi connectivity index (χ3n) is 1.85. The first kappa shape index (κ1) is 18.7. The predicted octanol–water partition coefficient (Wildman–Crippen LogP) is -3.13. The molecule has 0 saturated carbocycles. The minimum Gasteiger partial charge on any atom is -1.00 e. The van der Waals surface area contributed by atoms with Crippen molar-refractivity contribution in [2.75, 3.05) is 0 Å². The fourth-order valence-electron chi connectivity index (χ4n) is 1.22. The van der Waals surface area contributed by atoms with E-state index in [9.17, 15) is 0 Å². The van der Waals surface area contributed by atoms with Crippen LogP contribution in [0.4, 0.5) is 0 Å². The molecule has 0 aromatic carbocycles. The quantitative estimate of drug-likeness (QED) is 0.470. The molecule has 0 aromatic rings. The van der Waals surface area contributed by atoms with Gasteiger partial charge in [0.15, 0.2) is 0 Å². The molecular formula is C9H13Cl2Zr. The zero-order valence-corrected chi connectivity index (χ0v) is 11.4. The molecule has 0 fully saturated rings. The van der Waals surface area contributed by atoms with E-state index in [1.54, 1.807) is 5.57 Å². The summed E-state index contributed by atoms with van der Waals surface area (Å²) in [5.74, 6) is 0. The van der Waals surface area contributed by atoms with Gasteiger partial charge in [0, 0.05) is 0 Å². The summed E-state index contributed by atoms with van der Waals surface area (Å²) in [4.78, 5) is 0.